The molecule has 0 fully saturated rings. The maximum Gasteiger partial charge on any atom is 0.105 e. The van der Waals surface area contributed by atoms with Crippen LogP contribution in [0.4, 0.5) is 0 Å². The summed E-state index contributed by atoms with van der Waals surface area (Å²) in [5.74, 6) is 0.907. The van der Waals surface area contributed by atoms with Crippen molar-refractivity contribution in [2.75, 3.05) is 0 Å². The molecule has 0 aromatic heterocycles. The first-order valence-electron chi connectivity index (χ1n) is 4.28. The molecule has 1 aliphatic carbocycles. The summed E-state index contributed by atoms with van der Waals surface area (Å²) in [5, 5.41) is 0. The van der Waals surface area contributed by atoms with Crippen LogP contribution in [-0.2, 0) is 0 Å². The SMILES string of the molecule is BC1CCC=CC(C)(C)C1. The highest BCUT2D eigenvalue weighted by molar-refractivity contribution is 6.11. The van der Waals surface area contributed by atoms with Gasteiger partial charge < -0.3 is 0 Å². The van der Waals surface area contributed by atoms with Gasteiger partial charge in [-0.05, 0) is 18.3 Å². The summed E-state index contributed by atoms with van der Waals surface area (Å²) in [7, 11) is 2.36. The molecule has 1 aliphatic rings. The first-order valence-corrected chi connectivity index (χ1v) is 4.28. The van der Waals surface area contributed by atoms with Crippen LogP contribution in [0.1, 0.15) is 33.1 Å². The summed E-state index contributed by atoms with van der Waals surface area (Å²) in [4.78, 5) is 0. The molecule has 0 amide bonds. The van der Waals surface area contributed by atoms with E-state index in [-0.39, 0.29) is 0 Å². The van der Waals surface area contributed by atoms with Crippen molar-refractivity contribution in [2.24, 2.45) is 5.41 Å². The first-order chi connectivity index (χ1) is 4.60. The Labute approximate surface area is 65.1 Å². The maximum atomic E-state index is 2.37. The van der Waals surface area contributed by atoms with Crippen molar-refractivity contribution >= 4 is 7.85 Å². The van der Waals surface area contributed by atoms with Crippen LogP contribution in [0.5, 0.6) is 0 Å². The minimum atomic E-state index is 0.454. The molecule has 1 unspecified atom stereocenters. The van der Waals surface area contributed by atoms with Crippen LogP contribution in [-0.4, -0.2) is 7.85 Å². The summed E-state index contributed by atoms with van der Waals surface area (Å²) in [6, 6.07) is 0. The van der Waals surface area contributed by atoms with Crippen LogP contribution in [0.3, 0.4) is 0 Å². The Kier molecular flexibility index (Phi) is 2.23. The standard InChI is InChI=1S/C9H17B/c1-9(2)6-4-3-5-8(10)7-9/h4,6,8H,3,5,7,10H2,1-2H3. The monoisotopic (exact) mass is 136 g/mol. The average Bonchev–Trinajstić information content (AvgIpc) is 1.90. The highest BCUT2D eigenvalue weighted by Gasteiger charge is 2.19. The number of allylic oxidation sites excluding steroid dienone is 2. The molecule has 0 aliphatic heterocycles. The predicted molar refractivity (Wildman–Crippen MR) is 49.1 cm³/mol. The zero-order valence-corrected chi connectivity index (χ0v) is 7.35. The highest BCUT2D eigenvalue weighted by atomic mass is 14.2. The molecule has 0 heterocycles. The van der Waals surface area contributed by atoms with E-state index in [0.29, 0.717) is 5.41 Å². The van der Waals surface area contributed by atoms with Gasteiger partial charge in [-0.25, -0.2) is 0 Å². The average molecular weight is 136 g/mol. The van der Waals surface area contributed by atoms with E-state index in [1.54, 1.807) is 0 Å². The van der Waals surface area contributed by atoms with Crippen LogP contribution >= 0.6 is 0 Å². The van der Waals surface area contributed by atoms with E-state index in [4.69, 9.17) is 0 Å². The van der Waals surface area contributed by atoms with Crippen molar-refractivity contribution in [3.05, 3.63) is 12.2 Å². The summed E-state index contributed by atoms with van der Waals surface area (Å²) in [5.41, 5.74) is 0.454. The van der Waals surface area contributed by atoms with Crippen molar-refractivity contribution in [3.8, 4) is 0 Å². The smallest absolute Gasteiger partial charge is 0.0880 e. The van der Waals surface area contributed by atoms with Crippen molar-refractivity contribution < 1.29 is 0 Å². The van der Waals surface area contributed by atoms with E-state index < -0.39 is 0 Å². The lowest BCUT2D eigenvalue weighted by Gasteiger charge is -2.21. The summed E-state index contributed by atoms with van der Waals surface area (Å²) in [6.07, 6.45) is 8.72. The largest absolute Gasteiger partial charge is 0.105 e. The van der Waals surface area contributed by atoms with Crippen molar-refractivity contribution in [2.45, 2.75) is 38.9 Å². The topological polar surface area (TPSA) is 0 Å². The molecule has 0 nitrogen and oxygen atoms in total. The molecule has 0 radical (unpaired) electrons. The summed E-state index contributed by atoms with van der Waals surface area (Å²) >= 11 is 0. The van der Waals surface area contributed by atoms with Gasteiger partial charge >= 0.3 is 0 Å². The van der Waals surface area contributed by atoms with Gasteiger partial charge in [-0.2, -0.15) is 0 Å². The fraction of sp³-hybridized carbons (Fsp3) is 0.778. The number of rotatable bonds is 0. The van der Waals surface area contributed by atoms with Crippen LogP contribution in [0, 0.1) is 5.41 Å². The van der Waals surface area contributed by atoms with Gasteiger partial charge in [0.05, 0.1) is 0 Å². The molecule has 1 rings (SSSR count). The Bertz CT molecular complexity index is 136. The maximum absolute atomic E-state index is 2.37. The fourth-order valence-electron chi connectivity index (χ4n) is 1.85. The van der Waals surface area contributed by atoms with E-state index in [1.807, 2.05) is 0 Å². The minimum Gasteiger partial charge on any atom is -0.0880 e. The van der Waals surface area contributed by atoms with Gasteiger partial charge in [0.25, 0.3) is 0 Å². The molecule has 1 atom stereocenters. The first kappa shape index (κ1) is 7.91. The lowest BCUT2D eigenvalue weighted by Crippen LogP contribution is -2.09. The van der Waals surface area contributed by atoms with E-state index in [2.05, 4.69) is 33.8 Å². The molecule has 0 aromatic carbocycles. The third kappa shape index (κ3) is 2.20. The predicted octanol–water partition coefficient (Wildman–Crippen LogP) is 2.17. The molecule has 0 spiro atoms. The summed E-state index contributed by atoms with van der Waals surface area (Å²) < 4.78 is 0. The molecular weight excluding hydrogens is 119 g/mol. The minimum absolute atomic E-state index is 0.454. The molecule has 0 aromatic rings. The van der Waals surface area contributed by atoms with Gasteiger partial charge in [0, 0.05) is 0 Å². The van der Waals surface area contributed by atoms with Gasteiger partial charge in [-0.1, -0.05) is 38.2 Å². The summed E-state index contributed by atoms with van der Waals surface area (Å²) in [6.45, 7) is 4.65. The number of hydrogen-bond acceptors (Lipinski definition) is 0. The van der Waals surface area contributed by atoms with E-state index in [0.717, 1.165) is 5.82 Å². The zero-order valence-electron chi connectivity index (χ0n) is 7.35. The molecule has 56 valence electrons. The molecule has 0 bridgehead atoms. The normalized spacial score (nSPS) is 31.6. The Balaban J connectivity index is 2.59. The van der Waals surface area contributed by atoms with E-state index in [1.165, 1.54) is 19.3 Å². The lowest BCUT2D eigenvalue weighted by atomic mass is 9.73. The quantitative estimate of drug-likeness (QED) is 0.353. The zero-order chi connectivity index (χ0) is 7.61. The van der Waals surface area contributed by atoms with Crippen LogP contribution in [0.2, 0.25) is 5.82 Å². The van der Waals surface area contributed by atoms with Gasteiger partial charge in [-0.3, -0.25) is 0 Å². The molecule has 10 heavy (non-hydrogen) atoms. The molecular formula is C9H17B. The van der Waals surface area contributed by atoms with Gasteiger partial charge in [0.15, 0.2) is 0 Å². The second-order valence-electron chi connectivity index (χ2n) is 4.28. The van der Waals surface area contributed by atoms with Crippen LogP contribution in [0.25, 0.3) is 0 Å². The fourth-order valence-corrected chi connectivity index (χ4v) is 1.85. The molecule has 0 saturated heterocycles. The van der Waals surface area contributed by atoms with E-state index in [9.17, 15) is 0 Å². The van der Waals surface area contributed by atoms with Crippen molar-refractivity contribution in [1.29, 1.82) is 0 Å². The van der Waals surface area contributed by atoms with Crippen LogP contribution in [0.15, 0.2) is 12.2 Å². The molecule has 0 saturated carbocycles. The third-order valence-corrected chi connectivity index (χ3v) is 2.27. The van der Waals surface area contributed by atoms with Gasteiger partial charge in [0.2, 0.25) is 0 Å². The number of hydrogen-bond donors (Lipinski definition) is 0. The molecule has 0 N–H and O–H groups in total. The van der Waals surface area contributed by atoms with E-state index >= 15 is 0 Å². The second-order valence-corrected chi connectivity index (χ2v) is 4.28. The Hall–Kier alpha value is -0.195. The Morgan fingerprint density at radius 3 is 2.90 bits per heavy atom. The molecule has 1 heteroatoms. The Morgan fingerprint density at radius 1 is 1.50 bits per heavy atom. The van der Waals surface area contributed by atoms with Gasteiger partial charge in [-0.15, -0.1) is 0 Å². The second kappa shape index (κ2) is 2.81. The Morgan fingerprint density at radius 2 is 2.20 bits per heavy atom. The van der Waals surface area contributed by atoms with Crippen LogP contribution < -0.4 is 0 Å². The third-order valence-electron chi connectivity index (χ3n) is 2.27. The van der Waals surface area contributed by atoms with Gasteiger partial charge in [0.1, 0.15) is 7.85 Å². The van der Waals surface area contributed by atoms with Crippen molar-refractivity contribution in [1.82, 2.24) is 0 Å². The highest BCUT2D eigenvalue weighted by Crippen LogP contribution is 2.33. The van der Waals surface area contributed by atoms with Crippen molar-refractivity contribution in [3.63, 3.8) is 0 Å². The lowest BCUT2D eigenvalue weighted by molar-refractivity contribution is 0.426.